The molecule has 7 heteroatoms. The molecule has 0 aromatic heterocycles. The number of halogens is 1. The first-order valence-corrected chi connectivity index (χ1v) is 7.37. The minimum absolute atomic E-state index is 0.0161. The van der Waals surface area contributed by atoms with Gasteiger partial charge in [-0.1, -0.05) is 6.07 Å². The summed E-state index contributed by atoms with van der Waals surface area (Å²) in [6.45, 7) is 4.40. The first-order chi connectivity index (χ1) is 8.06. The summed E-state index contributed by atoms with van der Waals surface area (Å²) in [7, 11) is -3.89. The molecule has 1 rings (SSSR count). The number of hydrogen-bond acceptors (Lipinski definition) is 3. The molecule has 18 heavy (non-hydrogen) atoms. The van der Waals surface area contributed by atoms with E-state index in [1.807, 2.05) is 6.92 Å². The van der Waals surface area contributed by atoms with Crippen molar-refractivity contribution in [3.8, 4) is 0 Å². The van der Waals surface area contributed by atoms with E-state index >= 15 is 0 Å². The van der Waals surface area contributed by atoms with Gasteiger partial charge < -0.3 is 5.11 Å². The lowest BCUT2D eigenvalue weighted by Crippen LogP contribution is -2.49. The topological polar surface area (TPSA) is 83.5 Å². The number of rotatable bonds is 4. The second kappa shape index (κ2) is 4.99. The Balaban J connectivity index is 3.19. The lowest BCUT2D eigenvalue weighted by Gasteiger charge is -2.21. The summed E-state index contributed by atoms with van der Waals surface area (Å²) in [6.07, 6.45) is 0. The van der Waals surface area contributed by atoms with Crippen molar-refractivity contribution < 1.29 is 18.3 Å². The Hall–Kier alpha value is -0.920. The highest BCUT2D eigenvalue weighted by Crippen LogP contribution is 2.24. The number of carbonyl (C=O) groups is 1. The third-order valence-corrected chi connectivity index (χ3v) is 4.93. The van der Waals surface area contributed by atoms with E-state index in [1.165, 1.54) is 19.9 Å². The normalized spacial score (nSPS) is 12.4. The minimum Gasteiger partial charge on any atom is -0.480 e. The zero-order valence-electron chi connectivity index (χ0n) is 10.2. The van der Waals surface area contributed by atoms with Crippen LogP contribution >= 0.6 is 15.9 Å². The zero-order chi connectivity index (χ0) is 14.1. The summed E-state index contributed by atoms with van der Waals surface area (Å²) in [6, 6.07) is 4.73. The maximum atomic E-state index is 12.1. The molecular weight excluding hydrogens is 322 g/mol. The quantitative estimate of drug-likeness (QED) is 0.880. The fourth-order valence-electron chi connectivity index (χ4n) is 1.26. The van der Waals surface area contributed by atoms with Crippen LogP contribution in [-0.2, 0) is 14.8 Å². The number of sulfonamides is 1. The molecule has 0 saturated heterocycles. The van der Waals surface area contributed by atoms with Crippen molar-refractivity contribution in [3.05, 3.63) is 28.2 Å². The van der Waals surface area contributed by atoms with Crippen molar-refractivity contribution in [2.24, 2.45) is 0 Å². The molecule has 0 heterocycles. The van der Waals surface area contributed by atoms with Crippen LogP contribution in [0, 0.1) is 6.92 Å². The predicted molar refractivity (Wildman–Crippen MR) is 70.9 cm³/mol. The largest absolute Gasteiger partial charge is 0.480 e. The SMILES string of the molecule is Cc1ccc(S(=O)(=O)NC(C)(C)C(=O)O)c(Br)c1. The molecule has 0 saturated carbocycles. The molecule has 0 unspecified atom stereocenters. The number of carboxylic acid groups (broad SMARTS) is 1. The van der Waals surface area contributed by atoms with Crippen molar-refractivity contribution in [2.45, 2.75) is 31.2 Å². The summed E-state index contributed by atoms with van der Waals surface area (Å²) in [5.74, 6) is -1.24. The first-order valence-electron chi connectivity index (χ1n) is 5.10. The number of nitrogens with one attached hydrogen (secondary N) is 1. The van der Waals surface area contributed by atoms with Crippen LogP contribution in [-0.4, -0.2) is 25.0 Å². The number of aryl methyl sites for hydroxylation is 1. The van der Waals surface area contributed by atoms with Crippen molar-refractivity contribution in [1.29, 1.82) is 0 Å². The summed E-state index contributed by atoms with van der Waals surface area (Å²) in [4.78, 5) is 10.9. The number of aliphatic carboxylic acids is 1. The molecule has 1 aromatic carbocycles. The molecule has 0 fully saturated rings. The molecule has 0 aliphatic carbocycles. The summed E-state index contributed by atoms with van der Waals surface area (Å²) < 4.78 is 26.7. The lowest BCUT2D eigenvalue weighted by molar-refractivity contribution is -0.142. The third-order valence-electron chi connectivity index (χ3n) is 2.30. The van der Waals surface area contributed by atoms with Crippen molar-refractivity contribution in [1.82, 2.24) is 4.72 Å². The van der Waals surface area contributed by atoms with E-state index in [2.05, 4.69) is 20.7 Å². The summed E-state index contributed by atoms with van der Waals surface area (Å²) >= 11 is 3.16. The van der Waals surface area contributed by atoms with E-state index in [0.29, 0.717) is 4.47 Å². The maximum Gasteiger partial charge on any atom is 0.324 e. The van der Waals surface area contributed by atoms with Gasteiger partial charge in [-0.15, -0.1) is 0 Å². The van der Waals surface area contributed by atoms with Crippen LogP contribution in [0.5, 0.6) is 0 Å². The van der Waals surface area contributed by atoms with Gasteiger partial charge in [0, 0.05) is 4.47 Å². The van der Waals surface area contributed by atoms with Crippen LogP contribution in [0.25, 0.3) is 0 Å². The standard InChI is InChI=1S/C11H14BrNO4S/c1-7-4-5-9(8(12)6-7)18(16,17)13-11(2,3)10(14)15/h4-6,13H,1-3H3,(H,14,15). The zero-order valence-corrected chi connectivity index (χ0v) is 12.6. The fourth-order valence-corrected chi connectivity index (χ4v) is 3.82. The Kier molecular flexibility index (Phi) is 4.19. The Morgan fingerprint density at radius 2 is 1.94 bits per heavy atom. The number of benzene rings is 1. The Morgan fingerprint density at radius 1 is 1.39 bits per heavy atom. The van der Waals surface area contributed by atoms with Crippen molar-refractivity contribution >= 4 is 31.9 Å². The number of hydrogen-bond donors (Lipinski definition) is 2. The van der Waals surface area contributed by atoms with E-state index in [1.54, 1.807) is 12.1 Å². The van der Waals surface area contributed by atoms with E-state index in [9.17, 15) is 13.2 Å². The van der Waals surface area contributed by atoms with Gasteiger partial charge in [0.15, 0.2) is 0 Å². The monoisotopic (exact) mass is 335 g/mol. The Labute approximate surface area is 114 Å². The molecule has 0 amide bonds. The molecule has 5 nitrogen and oxygen atoms in total. The van der Waals surface area contributed by atoms with Gasteiger partial charge in [0.2, 0.25) is 10.0 Å². The van der Waals surface area contributed by atoms with Crippen molar-refractivity contribution in [3.63, 3.8) is 0 Å². The highest BCUT2D eigenvalue weighted by Gasteiger charge is 2.33. The lowest BCUT2D eigenvalue weighted by atomic mass is 10.1. The van der Waals surface area contributed by atoms with Crippen LogP contribution < -0.4 is 4.72 Å². The Morgan fingerprint density at radius 3 is 2.39 bits per heavy atom. The molecule has 0 radical (unpaired) electrons. The van der Waals surface area contributed by atoms with Crippen LogP contribution in [0.2, 0.25) is 0 Å². The minimum atomic E-state index is -3.89. The van der Waals surface area contributed by atoms with E-state index in [0.717, 1.165) is 5.56 Å². The van der Waals surface area contributed by atoms with Gasteiger partial charge in [-0.2, -0.15) is 4.72 Å². The number of carboxylic acids is 1. The molecule has 0 aliphatic rings. The molecule has 0 aliphatic heterocycles. The summed E-state index contributed by atoms with van der Waals surface area (Å²) in [5, 5.41) is 8.93. The first kappa shape index (κ1) is 15.1. The van der Waals surface area contributed by atoms with E-state index in [4.69, 9.17) is 5.11 Å². The molecule has 1 aromatic rings. The van der Waals surface area contributed by atoms with Gasteiger partial charge in [-0.3, -0.25) is 4.79 Å². The molecular formula is C11H14BrNO4S. The Bertz CT molecular complexity index is 581. The van der Waals surface area contributed by atoms with Gasteiger partial charge in [0.05, 0.1) is 4.90 Å². The average molecular weight is 336 g/mol. The smallest absolute Gasteiger partial charge is 0.324 e. The van der Waals surface area contributed by atoms with Gasteiger partial charge >= 0.3 is 5.97 Å². The van der Waals surface area contributed by atoms with Crippen LogP contribution in [0.3, 0.4) is 0 Å². The van der Waals surface area contributed by atoms with Crippen LogP contribution in [0.15, 0.2) is 27.6 Å². The van der Waals surface area contributed by atoms with Crippen LogP contribution in [0.4, 0.5) is 0 Å². The highest BCUT2D eigenvalue weighted by molar-refractivity contribution is 9.10. The fraction of sp³-hybridized carbons (Fsp3) is 0.364. The molecule has 0 bridgehead atoms. The second-order valence-corrected chi connectivity index (χ2v) is 6.97. The van der Waals surface area contributed by atoms with Gasteiger partial charge in [0.25, 0.3) is 0 Å². The molecule has 2 N–H and O–H groups in total. The summed E-state index contributed by atoms with van der Waals surface area (Å²) in [5.41, 5.74) is -0.665. The predicted octanol–water partition coefficient (Wildman–Crippen LogP) is 1.90. The van der Waals surface area contributed by atoms with E-state index in [-0.39, 0.29) is 4.90 Å². The third kappa shape index (κ3) is 3.30. The second-order valence-electron chi connectivity index (χ2n) is 4.47. The average Bonchev–Trinajstić information content (AvgIpc) is 2.14. The maximum absolute atomic E-state index is 12.1. The van der Waals surface area contributed by atoms with E-state index < -0.39 is 21.5 Å². The molecule has 0 atom stereocenters. The van der Waals surface area contributed by atoms with Crippen molar-refractivity contribution in [2.75, 3.05) is 0 Å². The van der Waals surface area contributed by atoms with Gasteiger partial charge in [-0.05, 0) is 54.4 Å². The highest BCUT2D eigenvalue weighted by atomic mass is 79.9. The molecule has 0 spiro atoms. The molecule has 100 valence electrons. The van der Waals surface area contributed by atoms with Gasteiger partial charge in [-0.25, -0.2) is 8.42 Å². The van der Waals surface area contributed by atoms with Crippen LogP contribution in [0.1, 0.15) is 19.4 Å². The van der Waals surface area contributed by atoms with Gasteiger partial charge in [0.1, 0.15) is 5.54 Å².